The van der Waals surface area contributed by atoms with Crippen LogP contribution in [0.1, 0.15) is 53.9 Å². The van der Waals surface area contributed by atoms with Gasteiger partial charge in [0.1, 0.15) is 11.1 Å². The van der Waals surface area contributed by atoms with E-state index in [2.05, 4.69) is 0 Å². The maximum absolute atomic E-state index is 12.4. The summed E-state index contributed by atoms with van der Waals surface area (Å²) < 4.78 is 5.35. The SMILES string of the molecule is NC(=O)c1c(N)oc2ccc(C3CCCCC3)cc2c1=O. The third kappa shape index (κ3) is 2.39. The van der Waals surface area contributed by atoms with Crippen LogP contribution in [0.2, 0.25) is 0 Å². The quantitative estimate of drug-likeness (QED) is 0.886. The highest BCUT2D eigenvalue weighted by molar-refractivity contribution is 5.99. The highest BCUT2D eigenvalue weighted by Gasteiger charge is 2.20. The molecular weight excluding hydrogens is 268 g/mol. The van der Waals surface area contributed by atoms with Gasteiger partial charge in [-0.15, -0.1) is 0 Å². The summed E-state index contributed by atoms with van der Waals surface area (Å²) in [6.07, 6.45) is 5.97. The summed E-state index contributed by atoms with van der Waals surface area (Å²) in [5.41, 5.74) is 11.6. The lowest BCUT2D eigenvalue weighted by molar-refractivity contribution is 0.0999. The van der Waals surface area contributed by atoms with Crippen LogP contribution < -0.4 is 16.9 Å². The van der Waals surface area contributed by atoms with Crippen LogP contribution in [0.4, 0.5) is 5.88 Å². The van der Waals surface area contributed by atoms with Crippen molar-refractivity contribution in [2.24, 2.45) is 5.73 Å². The van der Waals surface area contributed by atoms with Gasteiger partial charge in [0.2, 0.25) is 11.3 Å². The van der Waals surface area contributed by atoms with Crippen LogP contribution in [-0.4, -0.2) is 5.91 Å². The molecule has 1 aliphatic rings. The first-order valence-corrected chi connectivity index (χ1v) is 7.24. The summed E-state index contributed by atoms with van der Waals surface area (Å²) in [5.74, 6) is -0.603. The van der Waals surface area contributed by atoms with Crippen molar-refractivity contribution in [3.05, 3.63) is 39.5 Å². The van der Waals surface area contributed by atoms with Crippen LogP contribution in [0.3, 0.4) is 0 Å². The maximum atomic E-state index is 12.4. The molecular formula is C16H18N2O3. The Morgan fingerprint density at radius 3 is 2.57 bits per heavy atom. The van der Waals surface area contributed by atoms with Crippen molar-refractivity contribution in [2.45, 2.75) is 38.0 Å². The Labute approximate surface area is 121 Å². The van der Waals surface area contributed by atoms with Gasteiger partial charge in [0.05, 0.1) is 5.39 Å². The van der Waals surface area contributed by atoms with Crippen molar-refractivity contribution in [3.8, 4) is 0 Å². The van der Waals surface area contributed by atoms with E-state index in [1.165, 1.54) is 19.3 Å². The number of nitrogen functional groups attached to an aromatic ring is 1. The number of hydrogen-bond acceptors (Lipinski definition) is 4. The summed E-state index contributed by atoms with van der Waals surface area (Å²) in [6.45, 7) is 0. The summed E-state index contributed by atoms with van der Waals surface area (Å²) in [5, 5.41) is 0.376. The van der Waals surface area contributed by atoms with Gasteiger partial charge in [-0.1, -0.05) is 25.3 Å². The average molecular weight is 286 g/mol. The number of anilines is 1. The van der Waals surface area contributed by atoms with E-state index in [0.717, 1.165) is 18.4 Å². The first kappa shape index (κ1) is 13.7. The van der Waals surface area contributed by atoms with E-state index in [4.69, 9.17) is 15.9 Å². The van der Waals surface area contributed by atoms with E-state index in [1.807, 2.05) is 12.1 Å². The van der Waals surface area contributed by atoms with Crippen LogP contribution in [-0.2, 0) is 0 Å². The van der Waals surface area contributed by atoms with Crippen LogP contribution in [0, 0.1) is 0 Å². The van der Waals surface area contributed by atoms with Crippen LogP contribution in [0.15, 0.2) is 27.4 Å². The number of nitrogens with two attached hydrogens (primary N) is 2. The Bertz CT molecular complexity index is 758. The molecule has 0 spiro atoms. The van der Waals surface area contributed by atoms with Gasteiger partial charge in [-0.25, -0.2) is 0 Å². The van der Waals surface area contributed by atoms with Gasteiger partial charge in [0.15, 0.2) is 0 Å². The van der Waals surface area contributed by atoms with E-state index in [-0.39, 0.29) is 11.4 Å². The second kappa shape index (κ2) is 5.24. The molecule has 1 saturated carbocycles. The zero-order valence-electron chi connectivity index (χ0n) is 11.7. The highest BCUT2D eigenvalue weighted by Crippen LogP contribution is 2.33. The minimum Gasteiger partial charge on any atom is -0.440 e. The highest BCUT2D eigenvalue weighted by atomic mass is 16.3. The number of amides is 1. The molecule has 4 N–H and O–H groups in total. The molecule has 0 saturated heterocycles. The number of rotatable bonds is 2. The number of hydrogen-bond donors (Lipinski definition) is 2. The number of primary amides is 1. The number of carbonyl (C=O) groups excluding carboxylic acids is 1. The zero-order chi connectivity index (χ0) is 15.0. The smallest absolute Gasteiger partial charge is 0.258 e. The lowest BCUT2D eigenvalue weighted by Crippen LogP contribution is -2.23. The van der Waals surface area contributed by atoms with Crippen molar-refractivity contribution >= 4 is 22.8 Å². The Hall–Kier alpha value is -2.30. The first-order valence-electron chi connectivity index (χ1n) is 7.24. The van der Waals surface area contributed by atoms with Crippen molar-refractivity contribution in [1.82, 2.24) is 0 Å². The molecule has 0 bridgehead atoms. The lowest BCUT2D eigenvalue weighted by Gasteiger charge is -2.22. The van der Waals surface area contributed by atoms with Gasteiger partial charge < -0.3 is 15.9 Å². The second-order valence-corrected chi connectivity index (χ2v) is 5.63. The van der Waals surface area contributed by atoms with Crippen molar-refractivity contribution < 1.29 is 9.21 Å². The van der Waals surface area contributed by atoms with Crippen molar-refractivity contribution in [2.75, 3.05) is 5.73 Å². The predicted octanol–water partition coefficient (Wildman–Crippen LogP) is 2.52. The van der Waals surface area contributed by atoms with Gasteiger partial charge in [0.25, 0.3) is 5.91 Å². The van der Waals surface area contributed by atoms with Crippen molar-refractivity contribution in [3.63, 3.8) is 0 Å². The predicted molar refractivity (Wildman–Crippen MR) is 81.2 cm³/mol. The first-order chi connectivity index (χ1) is 10.1. The summed E-state index contributed by atoms with van der Waals surface area (Å²) in [6, 6.07) is 5.55. The van der Waals surface area contributed by atoms with Gasteiger partial charge in [0, 0.05) is 0 Å². The molecule has 5 heteroatoms. The fourth-order valence-electron chi connectivity index (χ4n) is 3.15. The molecule has 0 unspecified atom stereocenters. The fraction of sp³-hybridized carbons (Fsp3) is 0.375. The molecule has 3 rings (SSSR count). The molecule has 5 nitrogen and oxygen atoms in total. The minimum atomic E-state index is -0.855. The van der Waals surface area contributed by atoms with Gasteiger partial charge in [-0.3, -0.25) is 9.59 Å². The van der Waals surface area contributed by atoms with E-state index in [0.29, 0.717) is 16.9 Å². The summed E-state index contributed by atoms with van der Waals surface area (Å²) in [7, 11) is 0. The molecule has 1 fully saturated rings. The van der Waals surface area contributed by atoms with Gasteiger partial charge in [-0.05, 0) is 36.5 Å². The number of fused-ring (bicyclic) bond motifs is 1. The van der Waals surface area contributed by atoms with Gasteiger partial charge >= 0.3 is 0 Å². The lowest BCUT2D eigenvalue weighted by atomic mass is 9.84. The number of benzene rings is 1. The van der Waals surface area contributed by atoms with Gasteiger partial charge in [-0.2, -0.15) is 0 Å². The summed E-state index contributed by atoms with van der Waals surface area (Å²) in [4.78, 5) is 23.7. The third-order valence-corrected chi connectivity index (χ3v) is 4.26. The topological polar surface area (TPSA) is 99.3 Å². The Kier molecular flexibility index (Phi) is 3.41. The van der Waals surface area contributed by atoms with Crippen LogP contribution in [0.25, 0.3) is 11.0 Å². The van der Waals surface area contributed by atoms with E-state index >= 15 is 0 Å². The molecule has 2 aromatic rings. The normalized spacial score (nSPS) is 16.2. The fourth-order valence-corrected chi connectivity index (χ4v) is 3.15. The molecule has 1 aromatic carbocycles. The van der Waals surface area contributed by atoms with Crippen LogP contribution in [0.5, 0.6) is 0 Å². The monoisotopic (exact) mass is 286 g/mol. The van der Waals surface area contributed by atoms with Crippen molar-refractivity contribution in [1.29, 1.82) is 0 Å². The zero-order valence-corrected chi connectivity index (χ0v) is 11.7. The largest absolute Gasteiger partial charge is 0.440 e. The summed E-state index contributed by atoms with van der Waals surface area (Å²) >= 11 is 0. The Morgan fingerprint density at radius 2 is 1.90 bits per heavy atom. The van der Waals surface area contributed by atoms with E-state index in [9.17, 15) is 9.59 Å². The standard InChI is InChI=1S/C16H18N2O3/c17-15(20)13-14(19)11-8-10(9-4-2-1-3-5-9)6-7-12(11)21-16(13)18/h6-9H,1-5,18H2,(H2,17,20). The molecule has 1 aliphatic carbocycles. The molecule has 21 heavy (non-hydrogen) atoms. The van der Waals surface area contributed by atoms with E-state index in [1.54, 1.807) is 6.07 Å². The molecule has 0 radical (unpaired) electrons. The Balaban J connectivity index is 2.16. The maximum Gasteiger partial charge on any atom is 0.258 e. The average Bonchev–Trinajstić information content (AvgIpc) is 2.47. The molecule has 0 atom stereocenters. The molecule has 1 heterocycles. The third-order valence-electron chi connectivity index (χ3n) is 4.26. The molecule has 110 valence electrons. The molecule has 1 amide bonds. The molecule has 0 aliphatic heterocycles. The minimum absolute atomic E-state index is 0.217. The molecule has 1 aromatic heterocycles. The second-order valence-electron chi connectivity index (χ2n) is 5.63. The van der Waals surface area contributed by atoms with Crippen LogP contribution >= 0.6 is 0 Å². The number of carbonyl (C=O) groups is 1. The van der Waals surface area contributed by atoms with E-state index < -0.39 is 11.3 Å². The Morgan fingerprint density at radius 1 is 1.19 bits per heavy atom.